The quantitative estimate of drug-likeness (QED) is 0.838. The summed E-state index contributed by atoms with van der Waals surface area (Å²) in [5.41, 5.74) is 2.04. The Morgan fingerprint density at radius 3 is 3.15 bits per heavy atom. The van der Waals surface area contributed by atoms with Crippen molar-refractivity contribution in [3.05, 3.63) is 35.5 Å². The van der Waals surface area contributed by atoms with Crippen LogP contribution >= 0.6 is 11.8 Å². The molecule has 1 atom stereocenters. The third-order valence-corrected chi connectivity index (χ3v) is 4.58. The Morgan fingerprint density at radius 2 is 2.20 bits per heavy atom. The Labute approximate surface area is 118 Å². The number of rotatable bonds is 1. The first kappa shape index (κ1) is 11.7. The number of anilines is 1. The zero-order valence-corrected chi connectivity index (χ0v) is 11.2. The van der Waals surface area contributed by atoms with Gasteiger partial charge in [0, 0.05) is 5.56 Å². The number of nitrogens with zero attached hydrogens (tertiary/aromatic N) is 1. The summed E-state index contributed by atoms with van der Waals surface area (Å²) in [7, 11) is 0. The first-order valence-corrected chi connectivity index (χ1v) is 7.20. The molecule has 6 nitrogen and oxygen atoms in total. The van der Waals surface area contributed by atoms with Gasteiger partial charge in [-0.1, -0.05) is 6.07 Å². The number of aromatic amines is 1. The molecule has 2 aromatic rings. The third-order valence-electron chi connectivity index (χ3n) is 3.30. The Bertz CT molecular complexity index is 685. The molecule has 7 heteroatoms. The van der Waals surface area contributed by atoms with Crippen LogP contribution in [0.1, 0.15) is 16.4 Å². The van der Waals surface area contributed by atoms with Gasteiger partial charge in [-0.15, -0.1) is 11.8 Å². The van der Waals surface area contributed by atoms with Crippen LogP contribution in [-0.4, -0.2) is 28.7 Å². The summed E-state index contributed by atoms with van der Waals surface area (Å²) in [6, 6.07) is 5.86. The fourth-order valence-electron chi connectivity index (χ4n) is 2.37. The molecule has 0 unspecified atom stereocenters. The maximum atomic E-state index is 11.7. The lowest BCUT2D eigenvalue weighted by atomic mass is 10.1. The standard InChI is InChI=1S/C13H11N3O3S/c17-11-5-20-12(8-4-14-16-13(8)15-11)7-1-2-9-10(3-7)19-6-18-9/h1-4,12H,5-6H2,(H2,14,15,16,17)/t12-/m1/s1. The summed E-state index contributed by atoms with van der Waals surface area (Å²) < 4.78 is 10.7. The van der Waals surface area contributed by atoms with Crippen LogP contribution in [0, 0.1) is 0 Å². The van der Waals surface area contributed by atoms with E-state index in [2.05, 4.69) is 15.5 Å². The number of hydrogen-bond acceptors (Lipinski definition) is 5. The van der Waals surface area contributed by atoms with Gasteiger partial charge in [-0.25, -0.2) is 0 Å². The fraction of sp³-hybridized carbons (Fsp3) is 0.231. The van der Waals surface area contributed by atoms with Crippen molar-refractivity contribution < 1.29 is 14.3 Å². The van der Waals surface area contributed by atoms with Gasteiger partial charge in [0.25, 0.3) is 0 Å². The second-order valence-electron chi connectivity index (χ2n) is 4.55. The van der Waals surface area contributed by atoms with Crippen molar-refractivity contribution in [2.24, 2.45) is 0 Å². The number of nitrogens with one attached hydrogen (secondary N) is 2. The predicted molar refractivity (Wildman–Crippen MR) is 74.1 cm³/mol. The lowest BCUT2D eigenvalue weighted by molar-refractivity contribution is -0.113. The monoisotopic (exact) mass is 289 g/mol. The molecular weight excluding hydrogens is 278 g/mol. The molecule has 0 saturated carbocycles. The van der Waals surface area contributed by atoms with E-state index in [-0.39, 0.29) is 18.0 Å². The molecule has 0 aliphatic carbocycles. The lowest BCUT2D eigenvalue weighted by Gasteiger charge is -2.14. The average molecular weight is 289 g/mol. The zero-order chi connectivity index (χ0) is 13.5. The minimum atomic E-state index is -0.0243. The molecule has 1 aromatic heterocycles. The summed E-state index contributed by atoms with van der Waals surface area (Å²) in [6.45, 7) is 0.258. The molecular formula is C13H11N3O3S. The number of carbonyl (C=O) groups excluding carboxylic acids is 1. The highest BCUT2D eigenvalue weighted by Crippen LogP contribution is 2.43. The third kappa shape index (κ3) is 1.82. The minimum Gasteiger partial charge on any atom is -0.454 e. The largest absolute Gasteiger partial charge is 0.454 e. The topological polar surface area (TPSA) is 76.2 Å². The summed E-state index contributed by atoms with van der Waals surface area (Å²) in [5.74, 6) is 2.55. The number of fused-ring (bicyclic) bond motifs is 2. The number of aromatic nitrogens is 2. The molecule has 2 aliphatic rings. The summed E-state index contributed by atoms with van der Waals surface area (Å²) >= 11 is 1.57. The van der Waals surface area contributed by atoms with Crippen molar-refractivity contribution in [1.29, 1.82) is 0 Å². The van der Waals surface area contributed by atoms with E-state index < -0.39 is 0 Å². The Morgan fingerprint density at radius 1 is 1.30 bits per heavy atom. The normalized spacial score (nSPS) is 20.2. The van der Waals surface area contributed by atoms with Crippen LogP contribution in [0.25, 0.3) is 0 Å². The Hall–Kier alpha value is -2.15. The Kier molecular flexibility index (Phi) is 2.59. The van der Waals surface area contributed by atoms with Crippen LogP contribution in [0.15, 0.2) is 24.4 Å². The molecule has 0 radical (unpaired) electrons. The van der Waals surface area contributed by atoms with Gasteiger partial charge in [0.1, 0.15) is 5.82 Å². The molecule has 0 spiro atoms. The maximum absolute atomic E-state index is 11.7. The van der Waals surface area contributed by atoms with Gasteiger partial charge in [0.15, 0.2) is 11.5 Å². The van der Waals surface area contributed by atoms with E-state index in [1.54, 1.807) is 18.0 Å². The molecule has 0 fully saturated rings. The number of thioether (sulfide) groups is 1. The smallest absolute Gasteiger partial charge is 0.235 e. The van der Waals surface area contributed by atoms with E-state index in [1.807, 2.05) is 18.2 Å². The van der Waals surface area contributed by atoms with Crippen molar-refractivity contribution in [3.63, 3.8) is 0 Å². The van der Waals surface area contributed by atoms with Gasteiger partial charge in [0.05, 0.1) is 17.2 Å². The van der Waals surface area contributed by atoms with Crippen molar-refractivity contribution in [2.45, 2.75) is 5.25 Å². The number of carbonyl (C=O) groups is 1. The minimum absolute atomic E-state index is 0.0243. The van der Waals surface area contributed by atoms with Crippen molar-refractivity contribution in [1.82, 2.24) is 10.2 Å². The maximum Gasteiger partial charge on any atom is 0.235 e. The van der Waals surface area contributed by atoms with E-state index in [4.69, 9.17) is 9.47 Å². The number of benzene rings is 1. The van der Waals surface area contributed by atoms with Crippen molar-refractivity contribution in [2.75, 3.05) is 17.9 Å². The van der Waals surface area contributed by atoms with Crippen LogP contribution in [0.5, 0.6) is 11.5 Å². The van der Waals surface area contributed by atoms with Gasteiger partial charge in [-0.3, -0.25) is 9.89 Å². The molecule has 1 aromatic carbocycles. The van der Waals surface area contributed by atoms with Gasteiger partial charge in [-0.2, -0.15) is 5.10 Å². The van der Waals surface area contributed by atoms with E-state index in [1.165, 1.54) is 0 Å². The lowest BCUT2D eigenvalue weighted by Crippen LogP contribution is -2.12. The molecule has 20 heavy (non-hydrogen) atoms. The van der Waals surface area contributed by atoms with Crippen molar-refractivity contribution >= 4 is 23.5 Å². The first-order valence-electron chi connectivity index (χ1n) is 6.15. The summed E-state index contributed by atoms with van der Waals surface area (Å²) in [5, 5.41) is 9.71. The number of hydrogen-bond donors (Lipinski definition) is 2. The van der Waals surface area contributed by atoms with Crippen LogP contribution in [0.3, 0.4) is 0 Å². The van der Waals surface area contributed by atoms with Gasteiger partial charge in [-0.05, 0) is 17.7 Å². The highest BCUT2D eigenvalue weighted by Gasteiger charge is 2.27. The second-order valence-corrected chi connectivity index (χ2v) is 5.65. The van der Waals surface area contributed by atoms with E-state index >= 15 is 0 Å². The predicted octanol–water partition coefficient (Wildman–Crippen LogP) is 1.91. The SMILES string of the molecule is O=C1CS[C@H](c2ccc3c(c2)OCO3)c2cn[nH]c2N1. The highest BCUT2D eigenvalue weighted by atomic mass is 32.2. The van der Waals surface area contributed by atoms with Crippen LogP contribution in [-0.2, 0) is 4.79 Å². The summed E-state index contributed by atoms with van der Waals surface area (Å²) in [4.78, 5) is 11.7. The molecule has 102 valence electrons. The molecule has 0 bridgehead atoms. The van der Waals surface area contributed by atoms with E-state index in [0.717, 1.165) is 22.6 Å². The van der Waals surface area contributed by atoms with E-state index in [9.17, 15) is 4.79 Å². The Balaban J connectivity index is 1.77. The average Bonchev–Trinajstić information content (AvgIpc) is 3.05. The fourth-order valence-corrected chi connectivity index (χ4v) is 3.46. The van der Waals surface area contributed by atoms with Gasteiger partial charge in [0.2, 0.25) is 12.7 Å². The molecule has 1 amide bonds. The molecule has 2 aliphatic heterocycles. The molecule has 2 N–H and O–H groups in total. The molecule has 0 saturated heterocycles. The zero-order valence-electron chi connectivity index (χ0n) is 10.4. The first-order chi connectivity index (χ1) is 9.81. The number of amides is 1. The van der Waals surface area contributed by atoms with Crippen LogP contribution < -0.4 is 14.8 Å². The second kappa shape index (κ2) is 4.45. The highest BCUT2D eigenvalue weighted by molar-refractivity contribution is 8.00. The van der Waals surface area contributed by atoms with Crippen LogP contribution in [0.4, 0.5) is 5.82 Å². The summed E-state index contributed by atoms with van der Waals surface area (Å²) in [6.07, 6.45) is 1.75. The van der Waals surface area contributed by atoms with Gasteiger partial charge < -0.3 is 14.8 Å². The molecule has 4 rings (SSSR count). The van der Waals surface area contributed by atoms with Crippen molar-refractivity contribution in [3.8, 4) is 11.5 Å². The number of ether oxygens (including phenoxy) is 2. The van der Waals surface area contributed by atoms with E-state index in [0.29, 0.717) is 11.6 Å². The van der Waals surface area contributed by atoms with Crippen LogP contribution in [0.2, 0.25) is 0 Å². The molecule has 3 heterocycles. The number of H-pyrrole nitrogens is 1. The van der Waals surface area contributed by atoms with Gasteiger partial charge >= 0.3 is 0 Å².